The SMILES string of the molecule is CCCCC(F)C(F)(F)S(=O)(=O)[O-].[Li+]. The van der Waals surface area contributed by atoms with E-state index in [1.54, 1.807) is 6.92 Å². The molecule has 0 aliphatic heterocycles. The fourth-order valence-electron chi connectivity index (χ4n) is 0.708. The summed E-state index contributed by atoms with van der Waals surface area (Å²) in [6.45, 7) is 1.64. The van der Waals surface area contributed by atoms with Gasteiger partial charge in [0.25, 0.3) is 0 Å². The van der Waals surface area contributed by atoms with Gasteiger partial charge in [0.2, 0.25) is 0 Å². The molecule has 0 aromatic rings. The summed E-state index contributed by atoms with van der Waals surface area (Å²) in [5.74, 6) is 0. The van der Waals surface area contributed by atoms with E-state index in [1.807, 2.05) is 0 Å². The molecule has 0 radical (unpaired) electrons. The van der Waals surface area contributed by atoms with Crippen LogP contribution in [0.5, 0.6) is 0 Å². The molecular formula is C6H10F3LiO3S. The van der Waals surface area contributed by atoms with Gasteiger partial charge in [-0.25, -0.2) is 12.8 Å². The van der Waals surface area contributed by atoms with Crippen molar-refractivity contribution < 1.29 is 45.0 Å². The summed E-state index contributed by atoms with van der Waals surface area (Å²) < 4.78 is 67.0. The van der Waals surface area contributed by atoms with Crippen molar-refractivity contribution in [2.75, 3.05) is 0 Å². The smallest absolute Gasteiger partial charge is 0.743 e. The largest absolute Gasteiger partial charge is 1.00 e. The van der Waals surface area contributed by atoms with Crippen LogP contribution in [0.25, 0.3) is 0 Å². The molecule has 0 rings (SSSR count). The van der Waals surface area contributed by atoms with Gasteiger partial charge in [-0.1, -0.05) is 19.8 Å². The summed E-state index contributed by atoms with van der Waals surface area (Å²) in [4.78, 5) is 0. The maximum Gasteiger partial charge on any atom is 1.00 e. The van der Waals surface area contributed by atoms with Gasteiger partial charge in [0.1, 0.15) is 0 Å². The average Bonchev–Trinajstić information content (AvgIpc) is 1.97. The minimum absolute atomic E-state index is 0. The number of hydrogen-bond acceptors (Lipinski definition) is 3. The Labute approximate surface area is 93.0 Å². The Balaban J connectivity index is 0. The van der Waals surface area contributed by atoms with Crippen molar-refractivity contribution in [3.8, 4) is 0 Å². The number of halogens is 3. The molecule has 0 aliphatic carbocycles. The summed E-state index contributed by atoms with van der Waals surface area (Å²) in [7, 11) is -5.89. The third kappa shape index (κ3) is 4.21. The van der Waals surface area contributed by atoms with Crippen molar-refractivity contribution >= 4 is 10.1 Å². The topological polar surface area (TPSA) is 57.2 Å². The molecule has 0 bridgehead atoms. The predicted octanol–water partition coefficient (Wildman–Crippen LogP) is -1.34. The first kappa shape index (κ1) is 16.7. The Kier molecular flexibility index (Phi) is 7.17. The monoisotopic (exact) mass is 226 g/mol. The van der Waals surface area contributed by atoms with Crippen molar-refractivity contribution in [1.82, 2.24) is 0 Å². The second-order valence-electron chi connectivity index (χ2n) is 2.63. The van der Waals surface area contributed by atoms with Gasteiger partial charge >= 0.3 is 24.1 Å². The van der Waals surface area contributed by atoms with E-state index in [0.717, 1.165) is 0 Å². The molecule has 0 amide bonds. The van der Waals surface area contributed by atoms with Crippen molar-refractivity contribution in [1.29, 1.82) is 0 Å². The van der Waals surface area contributed by atoms with E-state index < -0.39 is 28.0 Å². The van der Waals surface area contributed by atoms with Crippen LogP contribution >= 0.6 is 0 Å². The van der Waals surface area contributed by atoms with Gasteiger partial charge in [-0.15, -0.1) is 0 Å². The van der Waals surface area contributed by atoms with Crippen LogP contribution < -0.4 is 18.9 Å². The molecule has 3 nitrogen and oxygen atoms in total. The first-order valence-electron chi connectivity index (χ1n) is 3.70. The van der Waals surface area contributed by atoms with Gasteiger partial charge in [-0.05, 0) is 6.42 Å². The van der Waals surface area contributed by atoms with Crippen LogP contribution in [0.1, 0.15) is 26.2 Å². The van der Waals surface area contributed by atoms with Crippen LogP contribution in [0.2, 0.25) is 0 Å². The maximum atomic E-state index is 12.5. The third-order valence-electron chi connectivity index (χ3n) is 1.51. The third-order valence-corrected chi connectivity index (χ3v) is 2.43. The molecule has 0 saturated heterocycles. The van der Waals surface area contributed by atoms with E-state index in [0.29, 0.717) is 6.42 Å². The fourth-order valence-corrected chi connectivity index (χ4v) is 1.14. The number of alkyl halides is 3. The minimum atomic E-state index is -5.89. The fraction of sp³-hybridized carbons (Fsp3) is 1.00. The Morgan fingerprint density at radius 2 is 1.86 bits per heavy atom. The minimum Gasteiger partial charge on any atom is -0.743 e. The Hall–Kier alpha value is 0.297. The maximum absolute atomic E-state index is 12.5. The number of rotatable bonds is 5. The molecule has 0 fully saturated rings. The van der Waals surface area contributed by atoms with E-state index in [2.05, 4.69) is 0 Å². The van der Waals surface area contributed by atoms with Gasteiger partial charge in [0.15, 0.2) is 16.3 Å². The van der Waals surface area contributed by atoms with Gasteiger partial charge in [-0.2, -0.15) is 8.78 Å². The van der Waals surface area contributed by atoms with Crippen LogP contribution in [-0.4, -0.2) is 24.4 Å². The van der Waals surface area contributed by atoms with Gasteiger partial charge in [0.05, 0.1) is 0 Å². The van der Waals surface area contributed by atoms with Crippen LogP contribution in [0.15, 0.2) is 0 Å². The molecule has 0 spiro atoms. The Bertz CT molecular complexity index is 255. The van der Waals surface area contributed by atoms with Gasteiger partial charge in [-0.3, -0.25) is 0 Å². The average molecular weight is 226 g/mol. The van der Waals surface area contributed by atoms with E-state index in [1.165, 1.54) is 0 Å². The molecule has 80 valence electrons. The number of unbranched alkanes of at least 4 members (excludes halogenated alkanes) is 1. The summed E-state index contributed by atoms with van der Waals surface area (Å²) >= 11 is 0. The molecule has 1 unspecified atom stereocenters. The molecule has 0 aromatic carbocycles. The molecule has 0 N–H and O–H groups in total. The quantitative estimate of drug-likeness (QED) is 0.430. The zero-order chi connectivity index (χ0) is 10.7. The standard InChI is InChI=1S/C6H11F3O3S.Li/c1-2-3-4-5(7)6(8,9)13(10,11)12;/h5H,2-4H2,1H3,(H,10,11,12);/q;+1/p-1. The van der Waals surface area contributed by atoms with Gasteiger partial charge < -0.3 is 4.55 Å². The van der Waals surface area contributed by atoms with Crippen LogP contribution in [-0.2, 0) is 10.1 Å². The van der Waals surface area contributed by atoms with Crippen LogP contribution in [0.4, 0.5) is 13.2 Å². The summed E-state index contributed by atoms with van der Waals surface area (Å²) in [6, 6.07) is 0. The van der Waals surface area contributed by atoms with Crippen LogP contribution in [0, 0.1) is 0 Å². The first-order valence-corrected chi connectivity index (χ1v) is 5.11. The van der Waals surface area contributed by atoms with Crippen molar-refractivity contribution in [2.24, 2.45) is 0 Å². The Morgan fingerprint density at radius 3 is 2.14 bits per heavy atom. The van der Waals surface area contributed by atoms with Crippen molar-refractivity contribution in [2.45, 2.75) is 37.6 Å². The number of hydrogen-bond donors (Lipinski definition) is 0. The molecule has 0 aromatic heterocycles. The second-order valence-corrected chi connectivity index (χ2v) is 4.08. The first-order chi connectivity index (χ1) is 5.73. The van der Waals surface area contributed by atoms with E-state index in [-0.39, 0.29) is 25.3 Å². The normalized spacial score (nSPS) is 14.6. The van der Waals surface area contributed by atoms with Crippen LogP contribution in [0.3, 0.4) is 0 Å². The molecule has 0 aliphatic rings. The summed E-state index contributed by atoms with van der Waals surface area (Å²) in [5, 5.41) is -4.80. The second kappa shape index (κ2) is 6.01. The van der Waals surface area contributed by atoms with Gasteiger partial charge in [0, 0.05) is 0 Å². The zero-order valence-corrected chi connectivity index (χ0v) is 8.78. The predicted molar refractivity (Wildman–Crippen MR) is 39.1 cm³/mol. The molecule has 0 saturated carbocycles. The molecule has 0 heterocycles. The summed E-state index contributed by atoms with van der Waals surface area (Å²) in [5.41, 5.74) is 0. The molecule has 8 heteroatoms. The molecule has 14 heavy (non-hydrogen) atoms. The van der Waals surface area contributed by atoms with E-state index in [4.69, 9.17) is 0 Å². The molecule has 1 atom stereocenters. The zero-order valence-electron chi connectivity index (χ0n) is 7.97. The molecular weight excluding hydrogens is 216 g/mol. The van der Waals surface area contributed by atoms with E-state index in [9.17, 15) is 26.1 Å². The van der Waals surface area contributed by atoms with E-state index >= 15 is 0 Å². The van der Waals surface area contributed by atoms with Crippen molar-refractivity contribution in [3.63, 3.8) is 0 Å². The summed E-state index contributed by atoms with van der Waals surface area (Å²) in [6.07, 6.45) is -2.96. The van der Waals surface area contributed by atoms with Crippen molar-refractivity contribution in [3.05, 3.63) is 0 Å². The Morgan fingerprint density at radius 1 is 1.43 bits per heavy atom.